The number of hydrogen-bond acceptors (Lipinski definition) is 2. The standard InChI is InChI=1S/C16H20ClNO2/c17-9-12-5-3-6-13(12)10-18-16(19)15-8-11-4-1-2-7-14(11)20-15/h1-2,4,7,12-13,15H,3,5-6,8-10H2,(H,18,19). The molecule has 0 spiro atoms. The van der Waals surface area contributed by atoms with Gasteiger partial charge in [-0.3, -0.25) is 4.79 Å². The van der Waals surface area contributed by atoms with Crippen molar-refractivity contribution in [2.75, 3.05) is 12.4 Å². The van der Waals surface area contributed by atoms with Crippen LogP contribution in [0.3, 0.4) is 0 Å². The SMILES string of the molecule is O=C(NCC1CCCC1CCl)C1Cc2ccccc2O1. The van der Waals surface area contributed by atoms with E-state index in [4.69, 9.17) is 16.3 Å². The average molecular weight is 294 g/mol. The molecule has 1 saturated carbocycles. The van der Waals surface area contributed by atoms with Gasteiger partial charge in [-0.2, -0.15) is 0 Å². The summed E-state index contributed by atoms with van der Waals surface area (Å²) in [5, 5.41) is 3.04. The van der Waals surface area contributed by atoms with Gasteiger partial charge in [0.2, 0.25) is 0 Å². The summed E-state index contributed by atoms with van der Waals surface area (Å²) in [5.74, 6) is 2.62. The smallest absolute Gasteiger partial charge is 0.261 e. The summed E-state index contributed by atoms with van der Waals surface area (Å²) >= 11 is 5.97. The predicted molar refractivity (Wildman–Crippen MR) is 79.1 cm³/mol. The third-order valence-corrected chi connectivity index (χ3v) is 4.89. The Hall–Kier alpha value is -1.22. The first-order valence-corrected chi connectivity index (χ1v) is 7.89. The van der Waals surface area contributed by atoms with Gasteiger partial charge in [-0.25, -0.2) is 0 Å². The first kappa shape index (κ1) is 13.7. The summed E-state index contributed by atoms with van der Waals surface area (Å²) in [7, 11) is 0. The molecule has 2 aliphatic rings. The van der Waals surface area contributed by atoms with Gasteiger partial charge in [0.15, 0.2) is 6.10 Å². The van der Waals surface area contributed by atoms with Crippen LogP contribution in [0.1, 0.15) is 24.8 Å². The Kier molecular flexibility index (Phi) is 4.16. The zero-order valence-corrected chi connectivity index (χ0v) is 12.2. The molecule has 1 aromatic carbocycles. The van der Waals surface area contributed by atoms with E-state index in [1.165, 1.54) is 19.3 Å². The molecule has 1 heterocycles. The molecule has 20 heavy (non-hydrogen) atoms. The van der Waals surface area contributed by atoms with Crippen molar-refractivity contribution in [3.05, 3.63) is 29.8 Å². The minimum atomic E-state index is -0.372. The van der Waals surface area contributed by atoms with Gasteiger partial charge in [0.05, 0.1) is 0 Å². The average Bonchev–Trinajstić information content (AvgIpc) is 3.10. The molecule has 1 N–H and O–H groups in total. The van der Waals surface area contributed by atoms with Crippen LogP contribution in [-0.4, -0.2) is 24.4 Å². The van der Waals surface area contributed by atoms with E-state index in [1.54, 1.807) is 0 Å². The molecule has 3 atom stereocenters. The Balaban J connectivity index is 1.51. The van der Waals surface area contributed by atoms with Crippen molar-refractivity contribution < 1.29 is 9.53 Å². The van der Waals surface area contributed by atoms with E-state index in [-0.39, 0.29) is 12.0 Å². The van der Waals surface area contributed by atoms with Gasteiger partial charge in [0, 0.05) is 18.8 Å². The first-order chi connectivity index (χ1) is 9.78. The maximum absolute atomic E-state index is 12.2. The van der Waals surface area contributed by atoms with Crippen LogP contribution in [-0.2, 0) is 11.2 Å². The quantitative estimate of drug-likeness (QED) is 0.867. The minimum Gasteiger partial charge on any atom is -0.480 e. The molecule has 3 unspecified atom stereocenters. The lowest BCUT2D eigenvalue weighted by Gasteiger charge is -2.19. The van der Waals surface area contributed by atoms with Crippen LogP contribution in [0.15, 0.2) is 24.3 Å². The van der Waals surface area contributed by atoms with Gasteiger partial charge < -0.3 is 10.1 Å². The van der Waals surface area contributed by atoms with Gasteiger partial charge >= 0.3 is 0 Å². The third-order valence-electron chi connectivity index (χ3n) is 4.49. The highest BCUT2D eigenvalue weighted by atomic mass is 35.5. The van der Waals surface area contributed by atoms with E-state index in [1.807, 2.05) is 24.3 Å². The van der Waals surface area contributed by atoms with Crippen molar-refractivity contribution in [2.45, 2.75) is 31.8 Å². The van der Waals surface area contributed by atoms with Crippen LogP contribution >= 0.6 is 11.6 Å². The maximum Gasteiger partial charge on any atom is 0.261 e. The van der Waals surface area contributed by atoms with E-state index < -0.39 is 0 Å². The normalized spacial score (nSPS) is 27.9. The Morgan fingerprint density at radius 2 is 2.10 bits per heavy atom. The molecule has 1 aliphatic heterocycles. The summed E-state index contributed by atoms with van der Waals surface area (Å²) in [6.45, 7) is 0.729. The topological polar surface area (TPSA) is 38.3 Å². The van der Waals surface area contributed by atoms with E-state index >= 15 is 0 Å². The molecule has 4 heteroatoms. The molecule has 3 nitrogen and oxygen atoms in total. The van der Waals surface area contributed by atoms with Crippen LogP contribution in [0.4, 0.5) is 0 Å². The minimum absolute atomic E-state index is 0.00132. The largest absolute Gasteiger partial charge is 0.480 e. The number of rotatable bonds is 4. The second-order valence-corrected chi connectivity index (χ2v) is 6.08. The number of hydrogen-bond donors (Lipinski definition) is 1. The summed E-state index contributed by atoms with van der Waals surface area (Å²) in [5.41, 5.74) is 1.12. The fourth-order valence-corrected chi connectivity index (χ4v) is 3.67. The number of ether oxygens (including phenoxy) is 1. The number of fused-ring (bicyclic) bond motifs is 1. The highest BCUT2D eigenvalue weighted by Gasteiger charge is 2.31. The lowest BCUT2D eigenvalue weighted by Crippen LogP contribution is -2.40. The molecule has 1 aliphatic carbocycles. The second kappa shape index (κ2) is 6.04. The van der Waals surface area contributed by atoms with Crippen LogP contribution in [0.25, 0.3) is 0 Å². The molecular weight excluding hydrogens is 274 g/mol. The fourth-order valence-electron chi connectivity index (χ4n) is 3.26. The Labute approximate surface area is 124 Å². The lowest BCUT2D eigenvalue weighted by molar-refractivity contribution is -0.127. The van der Waals surface area contributed by atoms with Gasteiger partial charge in [0.25, 0.3) is 5.91 Å². The number of halogens is 1. The zero-order valence-electron chi connectivity index (χ0n) is 11.5. The Morgan fingerprint density at radius 3 is 2.90 bits per heavy atom. The fraction of sp³-hybridized carbons (Fsp3) is 0.562. The third kappa shape index (κ3) is 2.78. The monoisotopic (exact) mass is 293 g/mol. The molecule has 0 bridgehead atoms. The summed E-state index contributed by atoms with van der Waals surface area (Å²) in [6, 6.07) is 7.85. The molecule has 108 valence electrons. The van der Waals surface area contributed by atoms with Gasteiger partial charge in [-0.15, -0.1) is 11.6 Å². The van der Waals surface area contributed by atoms with Crippen LogP contribution in [0, 0.1) is 11.8 Å². The van der Waals surface area contributed by atoms with Crippen LogP contribution < -0.4 is 10.1 Å². The van der Waals surface area contributed by atoms with Crippen molar-refractivity contribution in [3.63, 3.8) is 0 Å². The second-order valence-electron chi connectivity index (χ2n) is 5.77. The van der Waals surface area contributed by atoms with Crippen molar-refractivity contribution in [1.82, 2.24) is 5.32 Å². The number of benzene rings is 1. The van der Waals surface area contributed by atoms with Crippen molar-refractivity contribution in [3.8, 4) is 5.75 Å². The van der Waals surface area contributed by atoms with Gasteiger partial charge in [-0.1, -0.05) is 24.6 Å². The van der Waals surface area contributed by atoms with Crippen molar-refractivity contribution >= 4 is 17.5 Å². The summed E-state index contributed by atoms with van der Waals surface area (Å²) in [6.07, 6.45) is 3.89. The van der Waals surface area contributed by atoms with Crippen LogP contribution in [0.5, 0.6) is 5.75 Å². The number of alkyl halides is 1. The Morgan fingerprint density at radius 1 is 1.30 bits per heavy atom. The number of nitrogens with one attached hydrogen (secondary N) is 1. The zero-order chi connectivity index (χ0) is 13.9. The number of para-hydroxylation sites is 1. The molecule has 0 aromatic heterocycles. The maximum atomic E-state index is 12.2. The van der Waals surface area contributed by atoms with Gasteiger partial charge in [0.1, 0.15) is 5.75 Å². The highest BCUT2D eigenvalue weighted by Crippen LogP contribution is 2.32. The molecule has 1 amide bonds. The number of amides is 1. The molecule has 0 radical (unpaired) electrons. The molecule has 0 saturated heterocycles. The number of carbonyl (C=O) groups is 1. The van der Waals surface area contributed by atoms with E-state index in [2.05, 4.69) is 5.32 Å². The first-order valence-electron chi connectivity index (χ1n) is 7.36. The van der Waals surface area contributed by atoms with Gasteiger partial charge in [-0.05, 0) is 36.3 Å². The Bertz CT molecular complexity index is 466. The predicted octanol–water partition coefficient (Wildman–Crippen LogP) is 2.76. The lowest BCUT2D eigenvalue weighted by atomic mass is 9.98. The summed E-state index contributed by atoms with van der Waals surface area (Å²) < 4.78 is 5.70. The molecule has 1 aromatic rings. The van der Waals surface area contributed by atoms with Crippen molar-refractivity contribution in [1.29, 1.82) is 0 Å². The molecule has 3 rings (SSSR count). The van der Waals surface area contributed by atoms with Crippen LogP contribution in [0.2, 0.25) is 0 Å². The summed E-state index contributed by atoms with van der Waals surface area (Å²) in [4.78, 5) is 12.2. The highest BCUT2D eigenvalue weighted by molar-refractivity contribution is 6.18. The molecule has 1 fully saturated rings. The number of carbonyl (C=O) groups excluding carboxylic acids is 1. The molecular formula is C16H20ClNO2. The van der Waals surface area contributed by atoms with E-state index in [0.717, 1.165) is 17.9 Å². The van der Waals surface area contributed by atoms with Crippen molar-refractivity contribution in [2.24, 2.45) is 11.8 Å². The van der Waals surface area contributed by atoms with E-state index in [9.17, 15) is 4.79 Å². The van der Waals surface area contributed by atoms with E-state index in [0.29, 0.717) is 24.1 Å².